The summed E-state index contributed by atoms with van der Waals surface area (Å²) in [7, 11) is 1.73. The number of rotatable bonds is 2. The molecule has 4 rings (SSSR count). The number of nitrogens with one attached hydrogen (secondary N) is 1. The maximum absolute atomic E-state index is 5.65. The standard InChI is InChI=1S/C18H22N2OS/c1-3-11-4-7-16(22)20-9-8-13-14-10-12(21-2)5-6-15(14)19-17(13)18(11)20/h5-6,10-11,18-19H,3-4,7-9H2,1-2H3. The second-order valence-electron chi connectivity index (χ2n) is 6.42. The number of benzene rings is 1. The van der Waals surface area contributed by atoms with Crippen molar-refractivity contribution in [1.82, 2.24) is 9.88 Å². The molecule has 4 heteroatoms. The Bertz CT molecular complexity index is 736. The molecule has 0 amide bonds. The summed E-state index contributed by atoms with van der Waals surface area (Å²) in [5.74, 6) is 1.63. The van der Waals surface area contributed by atoms with Crippen molar-refractivity contribution in [2.75, 3.05) is 13.7 Å². The molecule has 2 aliphatic rings. The Balaban J connectivity index is 1.87. The largest absolute Gasteiger partial charge is 0.497 e. The molecule has 0 radical (unpaired) electrons. The van der Waals surface area contributed by atoms with Gasteiger partial charge in [-0.05, 0) is 48.9 Å². The van der Waals surface area contributed by atoms with E-state index in [1.54, 1.807) is 7.11 Å². The zero-order chi connectivity index (χ0) is 15.3. The minimum atomic E-state index is 0.438. The Morgan fingerprint density at radius 2 is 2.23 bits per heavy atom. The molecule has 0 bridgehead atoms. The number of fused-ring (bicyclic) bond motifs is 5. The van der Waals surface area contributed by atoms with E-state index in [0.29, 0.717) is 12.0 Å². The summed E-state index contributed by atoms with van der Waals surface area (Å²) < 4.78 is 5.40. The summed E-state index contributed by atoms with van der Waals surface area (Å²) in [5.41, 5.74) is 4.08. The molecule has 2 atom stereocenters. The number of piperidine rings is 1. The first-order valence-electron chi connectivity index (χ1n) is 8.21. The van der Waals surface area contributed by atoms with Gasteiger partial charge in [0.2, 0.25) is 0 Å². The van der Waals surface area contributed by atoms with Gasteiger partial charge in [0, 0.05) is 23.1 Å². The molecule has 2 aliphatic heterocycles. The monoisotopic (exact) mass is 314 g/mol. The van der Waals surface area contributed by atoms with Crippen LogP contribution < -0.4 is 4.74 Å². The zero-order valence-electron chi connectivity index (χ0n) is 13.2. The van der Waals surface area contributed by atoms with Crippen molar-refractivity contribution >= 4 is 28.1 Å². The topological polar surface area (TPSA) is 28.3 Å². The van der Waals surface area contributed by atoms with Gasteiger partial charge < -0.3 is 14.6 Å². The third kappa shape index (κ3) is 1.97. The van der Waals surface area contributed by atoms with E-state index >= 15 is 0 Å². The third-order valence-electron chi connectivity index (χ3n) is 5.40. The lowest BCUT2D eigenvalue weighted by Gasteiger charge is -2.45. The van der Waals surface area contributed by atoms with Crippen LogP contribution >= 0.6 is 12.2 Å². The van der Waals surface area contributed by atoms with Crippen LogP contribution in [-0.2, 0) is 6.42 Å². The van der Waals surface area contributed by atoms with Crippen molar-refractivity contribution in [2.45, 2.75) is 38.6 Å². The first-order valence-corrected chi connectivity index (χ1v) is 8.61. The molecule has 0 spiro atoms. The normalized spacial score (nSPS) is 24.3. The second-order valence-corrected chi connectivity index (χ2v) is 6.89. The molecule has 1 saturated heterocycles. The molecule has 1 aromatic carbocycles. The van der Waals surface area contributed by atoms with Gasteiger partial charge in [0.25, 0.3) is 0 Å². The van der Waals surface area contributed by atoms with Crippen LogP contribution in [0.15, 0.2) is 18.2 Å². The van der Waals surface area contributed by atoms with Crippen LogP contribution in [0.1, 0.15) is 43.5 Å². The van der Waals surface area contributed by atoms with E-state index in [4.69, 9.17) is 17.0 Å². The first kappa shape index (κ1) is 14.1. The zero-order valence-corrected chi connectivity index (χ0v) is 14.0. The van der Waals surface area contributed by atoms with Crippen molar-refractivity contribution < 1.29 is 4.74 Å². The van der Waals surface area contributed by atoms with Gasteiger partial charge in [0.05, 0.1) is 18.1 Å². The maximum Gasteiger partial charge on any atom is 0.119 e. The smallest absolute Gasteiger partial charge is 0.119 e. The molecule has 1 fully saturated rings. The number of ether oxygens (including phenoxy) is 1. The molecule has 3 heterocycles. The van der Waals surface area contributed by atoms with E-state index in [2.05, 4.69) is 28.9 Å². The number of hydrogen-bond acceptors (Lipinski definition) is 2. The van der Waals surface area contributed by atoms with Crippen LogP contribution in [-0.4, -0.2) is 28.5 Å². The van der Waals surface area contributed by atoms with Gasteiger partial charge in [-0.3, -0.25) is 0 Å². The average molecular weight is 314 g/mol. The van der Waals surface area contributed by atoms with E-state index < -0.39 is 0 Å². The Morgan fingerprint density at radius 1 is 1.36 bits per heavy atom. The lowest BCUT2D eigenvalue weighted by Crippen LogP contribution is -2.45. The van der Waals surface area contributed by atoms with E-state index in [9.17, 15) is 0 Å². The van der Waals surface area contributed by atoms with Crippen LogP contribution in [0, 0.1) is 5.92 Å². The van der Waals surface area contributed by atoms with E-state index in [0.717, 1.165) is 30.1 Å². The highest BCUT2D eigenvalue weighted by molar-refractivity contribution is 7.80. The van der Waals surface area contributed by atoms with Gasteiger partial charge in [-0.1, -0.05) is 25.6 Å². The summed E-state index contributed by atoms with van der Waals surface area (Å²) in [6.07, 6.45) is 4.57. The van der Waals surface area contributed by atoms with Gasteiger partial charge in [-0.2, -0.15) is 0 Å². The summed E-state index contributed by atoms with van der Waals surface area (Å²) >= 11 is 5.65. The fourth-order valence-electron chi connectivity index (χ4n) is 4.23. The Hall–Kier alpha value is -1.55. The summed E-state index contributed by atoms with van der Waals surface area (Å²) in [5, 5.41) is 1.32. The highest BCUT2D eigenvalue weighted by Gasteiger charge is 2.39. The molecule has 22 heavy (non-hydrogen) atoms. The van der Waals surface area contributed by atoms with Gasteiger partial charge in [-0.15, -0.1) is 0 Å². The van der Waals surface area contributed by atoms with Gasteiger partial charge >= 0.3 is 0 Å². The number of hydrogen-bond donors (Lipinski definition) is 1. The number of nitrogens with zero attached hydrogens (tertiary/aromatic N) is 1. The van der Waals surface area contributed by atoms with Crippen LogP contribution in [0.5, 0.6) is 5.75 Å². The Kier molecular flexibility index (Phi) is 3.37. The molecule has 0 aliphatic carbocycles. The molecule has 0 saturated carbocycles. The second kappa shape index (κ2) is 5.27. The quantitative estimate of drug-likeness (QED) is 0.841. The van der Waals surface area contributed by atoms with E-state index in [1.165, 1.54) is 35.0 Å². The van der Waals surface area contributed by atoms with Gasteiger partial charge in [-0.25, -0.2) is 0 Å². The first-order chi connectivity index (χ1) is 10.7. The lowest BCUT2D eigenvalue weighted by molar-refractivity contribution is 0.175. The predicted octanol–water partition coefficient (Wildman–Crippen LogP) is 4.22. The molecular formula is C18H22N2OS. The number of aromatic amines is 1. The molecule has 2 aromatic rings. The molecule has 1 N–H and O–H groups in total. The number of H-pyrrole nitrogens is 1. The van der Waals surface area contributed by atoms with Crippen molar-refractivity contribution in [3.05, 3.63) is 29.5 Å². The van der Waals surface area contributed by atoms with E-state index in [-0.39, 0.29) is 0 Å². The summed E-state index contributed by atoms with van der Waals surface area (Å²) in [4.78, 5) is 7.32. The van der Waals surface area contributed by atoms with Crippen LogP contribution in [0.4, 0.5) is 0 Å². The Labute approximate surface area is 136 Å². The Morgan fingerprint density at radius 3 is 3.00 bits per heavy atom. The number of thiocarbonyl (C=S) groups is 1. The minimum absolute atomic E-state index is 0.438. The molecule has 1 aromatic heterocycles. The molecule has 3 nitrogen and oxygen atoms in total. The van der Waals surface area contributed by atoms with Gasteiger partial charge in [0.1, 0.15) is 5.75 Å². The molecule has 116 valence electrons. The lowest BCUT2D eigenvalue weighted by atomic mass is 9.81. The maximum atomic E-state index is 5.65. The van der Waals surface area contributed by atoms with Crippen LogP contribution in [0.3, 0.4) is 0 Å². The summed E-state index contributed by atoms with van der Waals surface area (Å²) in [6, 6.07) is 6.78. The number of aromatic nitrogens is 1. The van der Waals surface area contributed by atoms with Crippen LogP contribution in [0.25, 0.3) is 10.9 Å². The SMILES string of the molecule is CCC1CCC(=S)N2CCc3c([nH]c4ccc(OC)cc34)C12. The van der Waals surface area contributed by atoms with Crippen molar-refractivity contribution in [1.29, 1.82) is 0 Å². The van der Waals surface area contributed by atoms with Gasteiger partial charge in [0.15, 0.2) is 0 Å². The third-order valence-corrected chi connectivity index (χ3v) is 5.84. The van der Waals surface area contributed by atoms with E-state index in [1.807, 2.05) is 6.07 Å². The minimum Gasteiger partial charge on any atom is -0.497 e. The average Bonchev–Trinajstić information content (AvgIpc) is 2.93. The fourth-order valence-corrected chi connectivity index (χ4v) is 4.55. The highest BCUT2D eigenvalue weighted by atomic mass is 32.1. The molecule has 2 unspecified atom stereocenters. The predicted molar refractivity (Wildman–Crippen MR) is 93.6 cm³/mol. The summed E-state index contributed by atoms with van der Waals surface area (Å²) in [6.45, 7) is 3.36. The van der Waals surface area contributed by atoms with Crippen molar-refractivity contribution in [3.63, 3.8) is 0 Å². The van der Waals surface area contributed by atoms with Crippen molar-refractivity contribution in [2.24, 2.45) is 5.92 Å². The molecular weight excluding hydrogens is 292 g/mol. The van der Waals surface area contributed by atoms with Crippen molar-refractivity contribution in [3.8, 4) is 5.75 Å². The highest BCUT2D eigenvalue weighted by Crippen LogP contribution is 2.44. The number of methoxy groups -OCH3 is 1. The fraction of sp³-hybridized carbons (Fsp3) is 0.500. The van der Waals surface area contributed by atoms with Crippen LogP contribution in [0.2, 0.25) is 0 Å².